The van der Waals surface area contributed by atoms with Gasteiger partial charge < -0.3 is 24.4 Å². The number of methoxy groups -OCH3 is 1. The van der Waals surface area contributed by atoms with Crippen molar-refractivity contribution in [1.29, 1.82) is 0 Å². The van der Waals surface area contributed by atoms with Crippen LogP contribution in [0.2, 0.25) is 0 Å². The van der Waals surface area contributed by atoms with E-state index in [4.69, 9.17) is 14.2 Å². The van der Waals surface area contributed by atoms with Crippen LogP contribution in [0.5, 0.6) is 17.2 Å². The Morgan fingerprint density at radius 3 is 2.88 bits per heavy atom. The van der Waals surface area contributed by atoms with Crippen LogP contribution in [0.15, 0.2) is 42.5 Å². The first kappa shape index (κ1) is 20.3. The van der Waals surface area contributed by atoms with Crippen LogP contribution in [0.4, 0.5) is 5.69 Å². The van der Waals surface area contributed by atoms with Gasteiger partial charge in [0.25, 0.3) is 11.8 Å². The lowest BCUT2D eigenvalue weighted by Gasteiger charge is -2.23. The summed E-state index contributed by atoms with van der Waals surface area (Å²) in [5.74, 6) is 1.27. The summed E-state index contributed by atoms with van der Waals surface area (Å²) in [4.78, 5) is 27.7. The van der Waals surface area contributed by atoms with Gasteiger partial charge in [-0.25, -0.2) is 0 Å². The van der Waals surface area contributed by atoms with Gasteiger partial charge in [-0.2, -0.15) is 0 Å². The van der Waals surface area contributed by atoms with Crippen LogP contribution in [0, 0.1) is 0 Å². The highest BCUT2D eigenvalue weighted by Crippen LogP contribution is 2.37. The molecule has 9 nitrogen and oxygen atoms in total. The van der Waals surface area contributed by atoms with E-state index in [0.717, 1.165) is 12.8 Å². The van der Waals surface area contributed by atoms with E-state index in [9.17, 15) is 9.59 Å². The Kier molecular flexibility index (Phi) is 5.36. The number of carbonyl (C=O) groups is 2. The maximum absolute atomic E-state index is 13.2. The van der Waals surface area contributed by atoms with Crippen LogP contribution in [-0.4, -0.2) is 47.4 Å². The fourth-order valence-corrected chi connectivity index (χ4v) is 4.75. The molecule has 2 aromatic carbocycles. The predicted octanol–water partition coefficient (Wildman–Crippen LogP) is 3.51. The van der Waals surface area contributed by atoms with Crippen molar-refractivity contribution in [3.63, 3.8) is 0 Å². The normalized spacial score (nSPS) is 16.8. The highest BCUT2D eigenvalue weighted by molar-refractivity contribution is 7.13. The zero-order valence-corrected chi connectivity index (χ0v) is 18.1. The topological polar surface area (TPSA) is 103 Å². The number of aromatic nitrogens is 2. The smallest absolute Gasteiger partial charge is 0.286 e. The molecule has 0 aliphatic carbocycles. The molecule has 3 heterocycles. The average Bonchev–Trinajstić information content (AvgIpc) is 3.58. The van der Waals surface area contributed by atoms with E-state index in [-0.39, 0.29) is 29.7 Å². The summed E-state index contributed by atoms with van der Waals surface area (Å²) in [5, 5.41) is 12.0. The first-order valence-electron chi connectivity index (χ1n) is 10.1. The molecule has 2 aliphatic rings. The highest BCUT2D eigenvalue weighted by atomic mass is 32.1. The van der Waals surface area contributed by atoms with Gasteiger partial charge in [0.1, 0.15) is 10.8 Å². The Labute approximate surface area is 187 Å². The van der Waals surface area contributed by atoms with Crippen LogP contribution in [-0.2, 0) is 0 Å². The average molecular weight is 452 g/mol. The maximum atomic E-state index is 13.2. The molecular formula is C22H20N4O5S. The van der Waals surface area contributed by atoms with Crippen molar-refractivity contribution in [3.8, 4) is 17.2 Å². The van der Waals surface area contributed by atoms with Gasteiger partial charge in [-0.1, -0.05) is 23.5 Å². The van der Waals surface area contributed by atoms with Gasteiger partial charge in [-0.05, 0) is 37.1 Å². The van der Waals surface area contributed by atoms with Gasteiger partial charge in [0, 0.05) is 18.3 Å². The molecule has 5 rings (SSSR count). The predicted molar refractivity (Wildman–Crippen MR) is 116 cm³/mol. The number of carbonyl (C=O) groups excluding carboxylic acids is 2. The van der Waals surface area contributed by atoms with Crippen LogP contribution in [0.1, 0.15) is 44.1 Å². The number of nitrogens with zero attached hydrogens (tertiary/aromatic N) is 3. The number of likely N-dealkylation sites (tertiary alicyclic amines) is 1. The lowest BCUT2D eigenvalue weighted by Crippen LogP contribution is -2.30. The number of amides is 2. The van der Waals surface area contributed by atoms with Crippen LogP contribution in [0.3, 0.4) is 0 Å². The number of anilines is 1. The molecular weight excluding hydrogens is 432 g/mol. The summed E-state index contributed by atoms with van der Waals surface area (Å²) < 4.78 is 16.0. The Morgan fingerprint density at radius 2 is 2.00 bits per heavy atom. The Balaban J connectivity index is 1.32. The first-order chi connectivity index (χ1) is 15.6. The Bertz CT molecular complexity index is 1180. The molecule has 2 amide bonds. The monoisotopic (exact) mass is 452 g/mol. The number of hydrogen-bond donors (Lipinski definition) is 1. The standard InChI is InChI=1S/C22H20N4O5S/c1-29-16-7-3-2-5-14(16)22(28)26-10-4-6-15(26)20-24-25-21(32-20)19(27)23-13-8-9-17-18(11-13)31-12-30-17/h2-3,5,7-9,11,15H,4,6,10,12H2,1H3,(H,23,27)/t15-/m0/s1. The summed E-state index contributed by atoms with van der Waals surface area (Å²) in [6.45, 7) is 0.776. The quantitative estimate of drug-likeness (QED) is 0.632. The van der Waals surface area contributed by atoms with Crippen molar-refractivity contribution in [2.24, 2.45) is 0 Å². The van der Waals surface area contributed by atoms with E-state index in [0.29, 0.717) is 40.1 Å². The third kappa shape index (κ3) is 3.73. The first-order valence-corrected chi connectivity index (χ1v) is 10.9. The lowest BCUT2D eigenvalue weighted by atomic mass is 10.1. The molecule has 0 unspecified atom stereocenters. The minimum Gasteiger partial charge on any atom is -0.496 e. The number of ether oxygens (including phenoxy) is 3. The fourth-order valence-electron chi connectivity index (χ4n) is 3.86. The molecule has 164 valence electrons. The molecule has 1 aromatic heterocycles. The van der Waals surface area contributed by atoms with Gasteiger partial charge in [0.2, 0.25) is 11.8 Å². The largest absolute Gasteiger partial charge is 0.496 e. The molecule has 1 N–H and O–H groups in total. The third-order valence-electron chi connectivity index (χ3n) is 5.40. The van der Waals surface area contributed by atoms with Crippen molar-refractivity contribution in [2.75, 3.05) is 25.8 Å². The molecule has 2 aliphatic heterocycles. The molecule has 1 saturated heterocycles. The molecule has 0 bridgehead atoms. The molecule has 10 heteroatoms. The number of para-hydroxylation sites is 1. The second-order valence-electron chi connectivity index (χ2n) is 7.32. The van der Waals surface area contributed by atoms with Crippen molar-refractivity contribution >= 4 is 28.8 Å². The van der Waals surface area contributed by atoms with Gasteiger partial charge in [0.15, 0.2) is 11.5 Å². The summed E-state index contributed by atoms with van der Waals surface area (Å²) >= 11 is 1.19. The van der Waals surface area contributed by atoms with Crippen LogP contribution < -0.4 is 19.5 Å². The van der Waals surface area contributed by atoms with Crippen LogP contribution in [0.25, 0.3) is 0 Å². The molecule has 0 radical (unpaired) electrons. The second-order valence-corrected chi connectivity index (χ2v) is 8.33. The van der Waals surface area contributed by atoms with Crippen molar-refractivity contribution in [3.05, 3.63) is 58.0 Å². The lowest BCUT2D eigenvalue weighted by molar-refractivity contribution is 0.0731. The number of rotatable bonds is 5. The van der Waals surface area contributed by atoms with E-state index >= 15 is 0 Å². The van der Waals surface area contributed by atoms with E-state index in [2.05, 4.69) is 15.5 Å². The zero-order chi connectivity index (χ0) is 22.1. The van der Waals surface area contributed by atoms with Gasteiger partial charge >= 0.3 is 0 Å². The van der Waals surface area contributed by atoms with Crippen molar-refractivity contribution in [1.82, 2.24) is 15.1 Å². The van der Waals surface area contributed by atoms with Crippen molar-refractivity contribution in [2.45, 2.75) is 18.9 Å². The Morgan fingerprint density at radius 1 is 1.16 bits per heavy atom. The number of benzene rings is 2. The fraction of sp³-hybridized carbons (Fsp3) is 0.273. The number of fused-ring (bicyclic) bond motifs is 1. The van der Waals surface area contributed by atoms with Gasteiger partial charge in [-0.15, -0.1) is 10.2 Å². The van der Waals surface area contributed by atoms with E-state index in [1.807, 2.05) is 12.1 Å². The molecule has 1 fully saturated rings. The number of hydrogen-bond acceptors (Lipinski definition) is 8. The summed E-state index contributed by atoms with van der Waals surface area (Å²) in [6, 6.07) is 12.1. The van der Waals surface area contributed by atoms with Gasteiger partial charge in [0.05, 0.1) is 18.7 Å². The minimum absolute atomic E-state index is 0.119. The SMILES string of the molecule is COc1ccccc1C(=O)N1CCC[C@H]1c1nnc(C(=O)Nc2ccc3c(c2)OCO3)s1. The van der Waals surface area contributed by atoms with E-state index in [1.165, 1.54) is 11.3 Å². The zero-order valence-electron chi connectivity index (χ0n) is 17.2. The second kappa shape index (κ2) is 8.46. The summed E-state index contributed by atoms with van der Waals surface area (Å²) in [7, 11) is 1.54. The Hall–Kier alpha value is -3.66. The maximum Gasteiger partial charge on any atom is 0.286 e. The molecule has 0 spiro atoms. The third-order valence-corrected chi connectivity index (χ3v) is 6.42. The summed E-state index contributed by atoms with van der Waals surface area (Å²) in [5.41, 5.74) is 1.08. The van der Waals surface area contributed by atoms with E-state index < -0.39 is 0 Å². The van der Waals surface area contributed by atoms with Crippen molar-refractivity contribution < 1.29 is 23.8 Å². The molecule has 1 atom stereocenters. The molecule has 32 heavy (non-hydrogen) atoms. The van der Waals surface area contributed by atoms with E-state index in [1.54, 1.807) is 42.3 Å². The summed E-state index contributed by atoms with van der Waals surface area (Å²) in [6.07, 6.45) is 1.61. The van der Waals surface area contributed by atoms with Gasteiger partial charge in [-0.3, -0.25) is 9.59 Å². The molecule has 3 aromatic rings. The minimum atomic E-state index is -0.367. The molecule has 0 saturated carbocycles. The number of nitrogens with one attached hydrogen (secondary N) is 1. The van der Waals surface area contributed by atoms with Crippen LogP contribution >= 0.6 is 11.3 Å². The highest BCUT2D eigenvalue weighted by Gasteiger charge is 2.34.